The molecule has 5 nitrogen and oxygen atoms in total. The summed E-state index contributed by atoms with van der Waals surface area (Å²) in [6, 6.07) is 1.80. The predicted octanol–water partition coefficient (Wildman–Crippen LogP) is 1.57. The third-order valence-corrected chi connectivity index (χ3v) is 7.01. The van der Waals surface area contributed by atoms with Crippen LogP contribution in [0.2, 0.25) is 0 Å². The highest BCUT2D eigenvalue weighted by molar-refractivity contribution is 7.89. The molecule has 2 rings (SSSR count). The lowest BCUT2D eigenvalue weighted by Gasteiger charge is -2.44. The minimum absolute atomic E-state index is 0.131. The number of piperazine rings is 1. The van der Waals surface area contributed by atoms with Gasteiger partial charge in [0.2, 0.25) is 10.0 Å². The van der Waals surface area contributed by atoms with Crippen molar-refractivity contribution in [2.24, 2.45) is 0 Å². The quantitative estimate of drug-likeness (QED) is 0.890. The molecule has 0 radical (unpaired) electrons. The monoisotopic (exact) mass is 331 g/mol. The Labute approximate surface area is 132 Å². The van der Waals surface area contributed by atoms with Crippen LogP contribution in [0, 0.1) is 0 Å². The van der Waals surface area contributed by atoms with Crippen LogP contribution in [0.1, 0.15) is 25.6 Å². The maximum Gasteiger partial charge on any atom is 0.244 e. The fraction of sp³-hybridized carbons (Fsp3) is 0.714. The second kappa shape index (κ2) is 6.34. The molecule has 0 bridgehead atoms. The zero-order valence-electron chi connectivity index (χ0n) is 13.2. The minimum atomic E-state index is -3.37. The van der Waals surface area contributed by atoms with E-state index in [1.165, 1.54) is 11.3 Å². The Hall–Kier alpha value is -0.470. The molecule has 7 heteroatoms. The number of hydrogen-bond donors (Lipinski definition) is 1. The fourth-order valence-corrected chi connectivity index (χ4v) is 5.20. The van der Waals surface area contributed by atoms with Gasteiger partial charge in [0.15, 0.2) is 0 Å². The molecule has 0 atom stereocenters. The van der Waals surface area contributed by atoms with Crippen molar-refractivity contribution >= 4 is 21.4 Å². The van der Waals surface area contributed by atoms with Gasteiger partial charge in [-0.3, -0.25) is 4.90 Å². The van der Waals surface area contributed by atoms with Crippen molar-refractivity contribution in [3.8, 4) is 0 Å². The Kier molecular flexibility index (Phi) is 5.10. The molecule has 0 aromatic carbocycles. The molecule has 1 aliphatic rings. The molecule has 0 aliphatic carbocycles. The molecule has 1 aromatic heterocycles. The number of nitrogens with one attached hydrogen (secondary N) is 1. The third kappa shape index (κ3) is 3.65. The van der Waals surface area contributed by atoms with E-state index in [9.17, 15) is 8.42 Å². The van der Waals surface area contributed by atoms with E-state index in [1.807, 2.05) is 14.0 Å². The minimum Gasteiger partial charge on any atom is -0.312 e. The number of rotatable bonds is 5. The van der Waals surface area contributed by atoms with Crippen molar-refractivity contribution in [1.29, 1.82) is 0 Å². The van der Waals surface area contributed by atoms with E-state index >= 15 is 0 Å². The molecule has 1 N–H and O–H groups in total. The maximum atomic E-state index is 12.8. The molecule has 2 heterocycles. The molecular formula is C14H25N3O2S2. The van der Waals surface area contributed by atoms with Gasteiger partial charge in [-0.05, 0) is 33.5 Å². The summed E-state index contributed by atoms with van der Waals surface area (Å²) in [5.74, 6) is 0. The molecule has 1 aromatic rings. The molecule has 0 saturated carbocycles. The average Bonchev–Trinajstić information content (AvgIpc) is 2.88. The Bertz CT molecular complexity index is 581. The number of sulfonamides is 1. The van der Waals surface area contributed by atoms with E-state index in [1.54, 1.807) is 15.8 Å². The summed E-state index contributed by atoms with van der Waals surface area (Å²) in [6.45, 7) is 9.67. The molecule has 0 amide bonds. The maximum absolute atomic E-state index is 12.8. The smallest absolute Gasteiger partial charge is 0.244 e. The van der Waals surface area contributed by atoms with E-state index in [-0.39, 0.29) is 5.54 Å². The standard InChI is InChI=1S/C14H25N3O2S2/c1-5-15-9-12-8-13(10-20-12)21(18,19)17-7-6-16(4)14(2,3)11-17/h8,10,15H,5-7,9,11H2,1-4H3. The largest absolute Gasteiger partial charge is 0.312 e. The lowest BCUT2D eigenvalue weighted by molar-refractivity contribution is 0.0802. The van der Waals surface area contributed by atoms with E-state index in [4.69, 9.17) is 0 Å². The van der Waals surface area contributed by atoms with Crippen LogP contribution >= 0.6 is 11.3 Å². The lowest BCUT2D eigenvalue weighted by Crippen LogP contribution is -2.58. The van der Waals surface area contributed by atoms with Crippen LogP contribution < -0.4 is 5.32 Å². The number of thiophene rings is 1. The summed E-state index contributed by atoms with van der Waals surface area (Å²) < 4.78 is 27.1. The van der Waals surface area contributed by atoms with Gasteiger partial charge in [0.05, 0.1) is 4.90 Å². The zero-order valence-corrected chi connectivity index (χ0v) is 14.9. The Morgan fingerprint density at radius 3 is 2.71 bits per heavy atom. The normalized spacial score (nSPS) is 20.8. The van der Waals surface area contributed by atoms with Gasteiger partial charge in [-0.15, -0.1) is 11.3 Å². The Morgan fingerprint density at radius 1 is 1.38 bits per heavy atom. The van der Waals surface area contributed by atoms with Crippen molar-refractivity contribution < 1.29 is 8.42 Å². The van der Waals surface area contributed by atoms with E-state index in [2.05, 4.69) is 24.1 Å². The van der Waals surface area contributed by atoms with Crippen LogP contribution in [0.15, 0.2) is 16.3 Å². The van der Waals surface area contributed by atoms with E-state index in [0.717, 1.165) is 24.5 Å². The highest BCUT2D eigenvalue weighted by atomic mass is 32.2. The second-order valence-electron chi connectivity index (χ2n) is 6.10. The fourth-order valence-electron chi connectivity index (χ4n) is 2.39. The van der Waals surface area contributed by atoms with Crippen molar-refractivity contribution in [1.82, 2.24) is 14.5 Å². The molecule has 1 saturated heterocycles. The van der Waals surface area contributed by atoms with Crippen LogP contribution in [-0.4, -0.2) is 56.4 Å². The van der Waals surface area contributed by atoms with Crippen LogP contribution in [-0.2, 0) is 16.6 Å². The molecule has 120 valence electrons. The van der Waals surface area contributed by atoms with Gasteiger partial charge in [-0.1, -0.05) is 6.92 Å². The van der Waals surface area contributed by atoms with E-state index < -0.39 is 10.0 Å². The van der Waals surface area contributed by atoms with Gasteiger partial charge < -0.3 is 5.32 Å². The van der Waals surface area contributed by atoms with Gasteiger partial charge >= 0.3 is 0 Å². The molecule has 1 aliphatic heterocycles. The number of likely N-dealkylation sites (N-methyl/N-ethyl adjacent to an activating group) is 1. The summed E-state index contributed by atoms with van der Waals surface area (Å²) in [5, 5.41) is 4.98. The SMILES string of the molecule is CCNCc1cc(S(=O)(=O)N2CCN(C)C(C)(C)C2)cs1. The zero-order chi connectivity index (χ0) is 15.7. The first-order chi connectivity index (χ1) is 9.77. The summed E-state index contributed by atoms with van der Waals surface area (Å²) in [4.78, 5) is 3.70. The first-order valence-electron chi connectivity index (χ1n) is 7.27. The molecule has 0 spiro atoms. The van der Waals surface area contributed by atoms with Gasteiger partial charge in [-0.25, -0.2) is 8.42 Å². The molecule has 21 heavy (non-hydrogen) atoms. The van der Waals surface area contributed by atoms with Crippen molar-refractivity contribution in [3.63, 3.8) is 0 Å². The van der Waals surface area contributed by atoms with Crippen LogP contribution in [0.4, 0.5) is 0 Å². The highest BCUT2D eigenvalue weighted by Gasteiger charge is 2.37. The summed E-state index contributed by atoms with van der Waals surface area (Å²) >= 11 is 1.50. The van der Waals surface area contributed by atoms with E-state index in [0.29, 0.717) is 18.0 Å². The lowest BCUT2D eigenvalue weighted by atomic mass is 10.0. The Morgan fingerprint density at radius 2 is 2.10 bits per heavy atom. The second-order valence-corrected chi connectivity index (χ2v) is 9.04. The van der Waals surface area contributed by atoms with Crippen LogP contribution in [0.3, 0.4) is 0 Å². The molecule has 1 fully saturated rings. The number of hydrogen-bond acceptors (Lipinski definition) is 5. The van der Waals surface area contributed by atoms with Crippen molar-refractivity contribution in [2.75, 3.05) is 33.2 Å². The predicted molar refractivity (Wildman–Crippen MR) is 87.2 cm³/mol. The molecular weight excluding hydrogens is 306 g/mol. The van der Waals surface area contributed by atoms with Gasteiger partial charge in [-0.2, -0.15) is 4.31 Å². The van der Waals surface area contributed by atoms with Gasteiger partial charge in [0, 0.05) is 42.0 Å². The van der Waals surface area contributed by atoms with Gasteiger partial charge in [0.25, 0.3) is 0 Å². The summed E-state index contributed by atoms with van der Waals surface area (Å²) in [7, 11) is -1.33. The van der Waals surface area contributed by atoms with Crippen molar-refractivity contribution in [3.05, 3.63) is 16.3 Å². The highest BCUT2D eigenvalue weighted by Crippen LogP contribution is 2.27. The van der Waals surface area contributed by atoms with Crippen LogP contribution in [0.5, 0.6) is 0 Å². The topological polar surface area (TPSA) is 52.7 Å². The molecule has 0 unspecified atom stereocenters. The number of nitrogens with zero attached hydrogens (tertiary/aromatic N) is 2. The Balaban J connectivity index is 2.16. The first-order valence-corrected chi connectivity index (χ1v) is 9.59. The summed E-state index contributed by atoms with van der Waals surface area (Å²) in [5.41, 5.74) is -0.131. The summed E-state index contributed by atoms with van der Waals surface area (Å²) in [6.07, 6.45) is 0. The van der Waals surface area contributed by atoms with Crippen LogP contribution in [0.25, 0.3) is 0 Å². The average molecular weight is 332 g/mol. The third-order valence-electron chi connectivity index (χ3n) is 4.10. The first kappa shape index (κ1) is 16.9. The van der Waals surface area contributed by atoms with Gasteiger partial charge in [0.1, 0.15) is 0 Å². The van der Waals surface area contributed by atoms with Crippen molar-refractivity contribution in [2.45, 2.75) is 37.8 Å².